The number of nitrogens with zero attached hydrogens (tertiary/aromatic N) is 4. The van der Waals surface area contributed by atoms with Crippen LogP contribution in [0.4, 0.5) is 0 Å². The molecule has 0 saturated carbocycles. The highest BCUT2D eigenvalue weighted by Gasteiger charge is 2.15. The molecule has 0 saturated heterocycles. The molecule has 0 aromatic carbocycles. The van der Waals surface area contributed by atoms with Crippen molar-refractivity contribution in [2.75, 3.05) is 6.54 Å². The topological polar surface area (TPSA) is 67.1 Å². The molecule has 1 aliphatic heterocycles. The quantitative estimate of drug-likeness (QED) is 0.653. The Bertz CT molecular complexity index is 616. The number of thiophene rings is 1. The third-order valence-corrected chi connectivity index (χ3v) is 4.55. The molecule has 0 unspecified atom stereocenters. The van der Waals surface area contributed by atoms with Gasteiger partial charge in [-0.2, -0.15) is 0 Å². The van der Waals surface area contributed by atoms with Gasteiger partial charge in [0.25, 0.3) is 0 Å². The molecule has 0 aliphatic carbocycles. The van der Waals surface area contributed by atoms with E-state index in [9.17, 15) is 0 Å². The monoisotopic (exact) mass is 318 g/mol. The van der Waals surface area contributed by atoms with Crippen LogP contribution in [0.3, 0.4) is 0 Å². The van der Waals surface area contributed by atoms with Crippen molar-refractivity contribution in [2.24, 2.45) is 4.99 Å². The minimum absolute atomic E-state index is 0.562. The van der Waals surface area contributed by atoms with Crippen LogP contribution in [0.5, 0.6) is 0 Å². The number of nitrogens with one attached hydrogen (secondary N) is 2. The molecule has 2 aromatic heterocycles. The predicted octanol–water partition coefficient (Wildman–Crippen LogP) is 1.93. The van der Waals surface area contributed by atoms with Crippen LogP contribution < -0.4 is 10.6 Å². The summed E-state index contributed by atoms with van der Waals surface area (Å²) in [6.45, 7) is 5.29. The second-order valence-electron chi connectivity index (χ2n) is 5.27. The first-order valence-corrected chi connectivity index (χ1v) is 8.70. The summed E-state index contributed by atoms with van der Waals surface area (Å²) in [4.78, 5) is 5.94. The van der Waals surface area contributed by atoms with Crippen LogP contribution in [-0.2, 0) is 26.1 Å². The molecule has 0 radical (unpaired) electrons. The summed E-state index contributed by atoms with van der Waals surface area (Å²) in [5.41, 5.74) is 0. The lowest BCUT2D eigenvalue weighted by molar-refractivity contribution is 0.508. The Hall–Kier alpha value is -1.89. The van der Waals surface area contributed by atoms with E-state index in [1.165, 1.54) is 17.7 Å². The highest BCUT2D eigenvalue weighted by Crippen LogP contribution is 2.14. The zero-order valence-corrected chi connectivity index (χ0v) is 13.7. The minimum atomic E-state index is 0.562. The van der Waals surface area contributed by atoms with Gasteiger partial charge in [-0.05, 0) is 31.2 Å². The van der Waals surface area contributed by atoms with Crippen molar-refractivity contribution in [1.82, 2.24) is 25.4 Å². The fourth-order valence-corrected chi connectivity index (χ4v) is 3.21. The van der Waals surface area contributed by atoms with Crippen LogP contribution in [0.2, 0.25) is 0 Å². The summed E-state index contributed by atoms with van der Waals surface area (Å²) in [5, 5.41) is 17.3. The highest BCUT2D eigenvalue weighted by atomic mass is 32.1. The van der Waals surface area contributed by atoms with Gasteiger partial charge in [-0.15, -0.1) is 21.5 Å². The summed E-state index contributed by atoms with van der Waals surface area (Å²) < 4.78 is 2.22. The van der Waals surface area contributed by atoms with E-state index in [1.54, 1.807) is 11.3 Å². The molecule has 0 spiro atoms. The van der Waals surface area contributed by atoms with E-state index in [2.05, 4.69) is 54.8 Å². The lowest BCUT2D eigenvalue weighted by Crippen LogP contribution is -2.36. The lowest BCUT2D eigenvalue weighted by atomic mass is 10.2. The van der Waals surface area contributed by atoms with E-state index < -0.39 is 0 Å². The number of aromatic nitrogens is 3. The van der Waals surface area contributed by atoms with Crippen molar-refractivity contribution in [3.05, 3.63) is 34.0 Å². The summed E-state index contributed by atoms with van der Waals surface area (Å²) in [6, 6.07) is 4.18. The fourth-order valence-electron chi connectivity index (χ4n) is 2.56. The van der Waals surface area contributed by atoms with Gasteiger partial charge in [0, 0.05) is 24.4 Å². The van der Waals surface area contributed by atoms with Crippen LogP contribution in [0.15, 0.2) is 22.5 Å². The van der Waals surface area contributed by atoms with Crippen LogP contribution >= 0.6 is 11.3 Å². The maximum absolute atomic E-state index is 4.64. The molecule has 6 nitrogen and oxygen atoms in total. The molecule has 3 heterocycles. The van der Waals surface area contributed by atoms with E-state index in [0.717, 1.165) is 43.7 Å². The second-order valence-corrected chi connectivity index (χ2v) is 6.30. The zero-order valence-electron chi connectivity index (χ0n) is 12.9. The van der Waals surface area contributed by atoms with Crippen molar-refractivity contribution in [3.8, 4) is 0 Å². The van der Waals surface area contributed by atoms with Gasteiger partial charge in [-0.1, -0.05) is 6.07 Å². The molecule has 0 atom stereocenters. The summed E-state index contributed by atoms with van der Waals surface area (Å²) >= 11 is 1.75. The van der Waals surface area contributed by atoms with Crippen molar-refractivity contribution in [3.63, 3.8) is 0 Å². The summed E-state index contributed by atoms with van der Waals surface area (Å²) in [7, 11) is 0. The SMILES string of the molecule is CCNC(=NCc1nnc2n1CCCC2)NCc1cccs1. The maximum atomic E-state index is 4.64. The van der Waals surface area contributed by atoms with Gasteiger partial charge in [0.1, 0.15) is 12.4 Å². The third kappa shape index (κ3) is 3.65. The van der Waals surface area contributed by atoms with Gasteiger partial charge in [0.05, 0.1) is 6.54 Å². The maximum Gasteiger partial charge on any atom is 0.191 e. The third-order valence-electron chi connectivity index (χ3n) is 3.67. The Morgan fingerprint density at radius 1 is 1.36 bits per heavy atom. The molecule has 3 rings (SSSR count). The Morgan fingerprint density at radius 3 is 3.14 bits per heavy atom. The van der Waals surface area contributed by atoms with Crippen LogP contribution in [0, 0.1) is 0 Å². The molecular weight excluding hydrogens is 296 g/mol. The predicted molar refractivity (Wildman–Crippen MR) is 88.9 cm³/mol. The molecule has 0 fully saturated rings. The smallest absolute Gasteiger partial charge is 0.191 e. The van der Waals surface area contributed by atoms with Gasteiger partial charge in [0.2, 0.25) is 0 Å². The molecule has 2 N–H and O–H groups in total. The zero-order chi connectivity index (χ0) is 15.2. The highest BCUT2D eigenvalue weighted by molar-refractivity contribution is 7.09. The molecule has 0 bridgehead atoms. The first-order chi connectivity index (χ1) is 10.9. The van der Waals surface area contributed by atoms with E-state index in [1.807, 2.05) is 0 Å². The average Bonchev–Trinajstić information content (AvgIpc) is 3.20. The first-order valence-electron chi connectivity index (χ1n) is 7.82. The molecular formula is C15H22N6S. The standard InChI is InChI=1S/C15H22N6S/c1-2-16-15(17-10-12-6-5-9-22-12)18-11-14-20-19-13-7-3-4-8-21(13)14/h5-6,9H,2-4,7-8,10-11H2,1H3,(H2,16,17,18). The van der Waals surface area contributed by atoms with E-state index in [-0.39, 0.29) is 0 Å². The number of hydrogen-bond donors (Lipinski definition) is 2. The minimum Gasteiger partial charge on any atom is -0.357 e. The fraction of sp³-hybridized carbons (Fsp3) is 0.533. The molecule has 22 heavy (non-hydrogen) atoms. The summed E-state index contributed by atoms with van der Waals surface area (Å²) in [5.74, 6) is 2.89. The molecule has 7 heteroatoms. The van der Waals surface area contributed by atoms with Crippen LogP contribution in [0.25, 0.3) is 0 Å². The molecule has 2 aromatic rings. The molecule has 1 aliphatic rings. The summed E-state index contributed by atoms with van der Waals surface area (Å²) in [6.07, 6.45) is 3.46. The Morgan fingerprint density at radius 2 is 2.32 bits per heavy atom. The Kier molecular flexibility index (Phi) is 5.05. The first kappa shape index (κ1) is 15.0. The van der Waals surface area contributed by atoms with Gasteiger partial charge < -0.3 is 15.2 Å². The van der Waals surface area contributed by atoms with Crippen molar-refractivity contribution in [1.29, 1.82) is 0 Å². The van der Waals surface area contributed by atoms with E-state index in [4.69, 9.17) is 0 Å². The number of aryl methyl sites for hydroxylation is 1. The lowest BCUT2D eigenvalue weighted by Gasteiger charge is -2.14. The normalized spacial score (nSPS) is 14.7. The van der Waals surface area contributed by atoms with Crippen LogP contribution in [-0.4, -0.2) is 27.3 Å². The van der Waals surface area contributed by atoms with Gasteiger partial charge in [0.15, 0.2) is 11.8 Å². The Labute approximate surface area is 134 Å². The Balaban J connectivity index is 1.63. The molecule has 0 amide bonds. The number of hydrogen-bond acceptors (Lipinski definition) is 4. The van der Waals surface area contributed by atoms with E-state index >= 15 is 0 Å². The van der Waals surface area contributed by atoms with Crippen molar-refractivity contribution in [2.45, 2.75) is 45.8 Å². The largest absolute Gasteiger partial charge is 0.357 e. The second kappa shape index (κ2) is 7.40. The van der Waals surface area contributed by atoms with Gasteiger partial charge in [-0.25, -0.2) is 4.99 Å². The number of fused-ring (bicyclic) bond motifs is 1. The number of rotatable bonds is 5. The number of guanidine groups is 1. The average molecular weight is 318 g/mol. The van der Waals surface area contributed by atoms with E-state index in [0.29, 0.717) is 6.54 Å². The molecule has 118 valence electrons. The van der Waals surface area contributed by atoms with Crippen molar-refractivity contribution >= 4 is 17.3 Å². The van der Waals surface area contributed by atoms with Crippen LogP contribution in [0.1, 0.15) is 36.3 Å². The van der Waals surface area contributed by atoms with Crippen molar-refractivity contribution < 1.29 is 0 Å². The van der Waals surface area contributed by atoms with Gasteiger partial charge >= 0.3 is 0 Å². The van der Waals surface area contributed by atoms with Gasteiger partial charge in [-0.3, -0.25) is 0 Å². The number of aliphatic imine (C=N–C) groups is 1.